The molecule has 110 valence electrons. The van der Waals surface area contributed by atoms with Gasteiger partial charge in [0.2, 0.25) is 0 Å². The van der Waals surface area contributed by atoms with Crippen molar-refractivity contribution in [1.29, 1.82) is 0 Å². The number of benzene rings is 1. The van der Waals surface area contributed by atoms with Crippen molar-refractivity contribution in [3.63, 3.8) is 0 Å². The standard InChI is InChI=1S/C13H13BrN4O3/c1-3-17-12(10(14)7-15-17)13(19)16-11-5-4-9(18(20)21)6-8(11)2/h4-7H,3H2,1-2H3,(H,16,19). The first kappa shape index (κ1) is 15.2. The Kier molecular flexibility index (Phi) is 4.37. The van der Waals surface area contributed by atoms with Gasteiger partial charge < -0.3 is 5.32 Å². The second-order valence-electron chi connectivity index (χ2n) is 4.37. The summed E-state index contributed by atoms with van der Waals surface area (Å²) in [6.07, 6.45) is 1.56. The molecule has 0 fully saturated rings. The number of nitrogens with one attached hydrogen (secondary N) is 1. The molecular formula is C13H13BrN4O3. The van der Waals surface area contributed by atoms with E-state index in [1.165, 1.54) is 18.2 Å². The summed E-state index contributed by atoms with van der Waals surface area (Å²) in [5, 5.41) is 17.5. The van der Waals surface area contributed by atoms with Crippen LogP contribution in [0.4, 0.5) is 11.4 Å². The smallest absolute Gasteiger partial charge is 0.275 e. The first-order valence-corrected chi connectivity index (χ1v) is 7.01. The quantitative estimate of drug-likeness (QED) is 0.675. The zero-order chi connectivity index (χ0) is 15.6. The zero-order valence-electron chi connectivity index (χ0n) is 11.5. The van der Waals surface area contributed by atoms with Gasteiger partial charge in [-0.1, -0.05) is 0 Å². The fourth-order valence-corrected chi connectivity index (χ4v) is 2.39. The van der Waals surface area contributed by atoms with Gasteiger partial charge in [0.25, 0.3) is 11.6 Å². The highest BCUT2D eigenvalue weighted by Gasteiger charge is 2.18. The van der Waals surface area contributed by atoms with Crippen molar-refractivity contribution in [3.8, 4) is 0 Å². The van der Waals surface area contributed by atoms with Gasteiger partial charge in [0.15, 0.2) is 0 Å². The van der Waals surface area contributed by atoms with Crippen molar-refractivity contribution >= 4 is 33.2 Å². The minimum absolute atomic E-state index is 0.00900. The monoisotopic (exact) mass is 352 g/mol. The van der Waals surface area contributed by atoms with Gasteiger partial charge >= 0.3 is 0 Å². The second-order valence-corrected chi connectivity index (χ2v) is 5.22. The van der Waals surface area contributed by atoms with Crippen LogP contribution in [-0.4, -0.2) is 20.6 Å². The normalized spacial score (nSPS) is 10.4. The number of carbonyl (C=O) groups is 1. The van der Waals surface area contributed by atoms with Crippen LogP contribution >= 0.6 is 15.9 Å². The van der Waals surface area contributed by atoms with Crippen LogP contribution in [0.5, 0.6) is 0 Å². The highest BCUT2D eigenvalue weighted by atomic mass is 79.9. The summed E-state index contributed by atoms with van der Waals surface area (Å²) in [6, 6.07) is 4.29. The predicted molar refractivity (Wildman–Crippen MR) is 81.4 cm³/mol. The maximum absolute atomic E-state index is 12.3. The van der Waals surface area contributed by atoms with Crippen molar-refractivity contribution in [1.82, 2.24) is 9.78 Å². The van der Waals surface area contributed by atoms with Crippen LogP contribution < -0.4 is 5.32 Å². The molecule has 1 amide bonds. The van der Waals surface area contributed by atoms with Gasteiger partial charge in [0.05, 0.1) is 15.6 Å². The van der Waals surface area contributed by atoms with E-state index in [4.69, 9.17) is 0 Å². The molecule has 0 aliphatic carbocycles. The maximum atomic E-state index is 12.3. The summed E-state index contributed by atoms with van der Waals surface area (Å²) in [5.41, 5.74) is 1.55. The lowest BCUT2D eigenvalue weighted by Gasteiger charge is -2.09. The third-order valence-corrected chi connectivity index (χ3v) is 3.56. The van der Waals surface area contributed by atoms with Gasteiger partial charge in [-0.2, -0.15) is 5.10 Å². The van der Waals surface area contributed by atoms with E-state index in [2.05, 4.69) is 26.3 Å². The van der Waals surface area contributed by atoms with E-state index in [1.807, 2.05) is 6.92 Å². The molecule has 0 atom stereocenters. The van der Waals surface area contributed by atoms with Crippen LogP contribution in [0.1, 0.15) is 23.0 Å². The minimum atomic E-state index is -0.471. The molecule has 0 radical (unpaired) electrons. The Hall–Kier alpha value is -2.22. The Morgan fingerprint density at radius 3 is 2.81 bits per heavy atom. The molecule has 0 saturated heterocycles. The molecule has 0 aliphatic rings. The summed E-state index contributed by atoms with van der Waals surface area (Å²) < 4.78 is 2.17. The molecule has 0 unspecified atom stereocenters. The van der Waals surface area contributed by atoms with E-state index in [9.17, 15) is 14.9 Å². The number of anilines is 1. The molecule has 21 heavy (non-hydrogen) atoms. The number of amides is 1. The summed E-state index contributed by atoms with van der Waals surface area (Å²) in [5.74, 6) is -0.321. The molecule has 1 aromatic carbocycles. The Labute approximate surface area is 129 Å². The largest absolute Gasteiger partial charge is 0.320 e. The number of halogens is 1. The molecule has 0 spiro atoms. The molecule has 8 heteroatoms. The van der Waals surface area contributed by atoms with E-state index >= 15 is 0 Å². The summed E-state index contributed by atoms with van der Waals surface area (Å²) in [4.78, 5) is 22.5. The SMILES string of the molecule is CCn1ncc(Br)c1C(=O)Nc1ccc([N+](=O)[O-])cc1C. The Bertz CT molecular complexity index is 711. The lowest BCUT2D eigenvalue weighted by molar-refractivity contribution is -0.384. The van der Waals surface area contributed by atoms with Crippen LogP contribution in [-0.2, 0) is 6.54 Å². The fraction of sp³-hybridized carbons (Fsp3) is 0.231. The number of nitrogens with zero attached hydrogens (tertiary/aromatic N) is 3. The minimum Gasteiger partial charge on any atom is -0.320 e. The molecule has 7 nitrogen and oxygen atoms in total. The van der Waals surface area contributed by atoms with E-state index in [1.54, 1.807) is 17.8 Å². The van der Waals surface area contributed by atoms with Crippen LogP contribution in [0.3, 0.4) is 0 Å². The third-order valence-electron chi connectivity index (χ3n) is 2.98. The van der Waals surface area contributed by atoms with Crippen LogP contribution in [0.2, 0.25) is 0 Å². The molecule has 1 N–H and O–H groups in total. The van der Waals surface area contributed by atoms with Crippen molar-refractivity contribution < 1.29 is 9.72 Å². The highest BCUT2D eigenvalue weighted by molar-refractivity contribution is 9.10. The van der Waals surface area contributed by atoms with E-state index in [-0.39, 0.29) is 11.6 Å². The molecule has 0 bridgehead atoms. The lowest BCUT2D eigenvalue weighted by Crippen LogP contribution is -2.18. The van der Waals surface area contributed by atoms with Crippen LogP contribution in [0.25, 0.3) is 0 Å². The van der Waals surface area contributed by atoms with Crippen molar-refractivity contribution in [3.05, 3.63) is 50.2 Å². The average molecular weight is 353 g/mol. The number of hydrogen-bond donors (Lipinski definition) is 1. The number of carbonyl (C=O) groups excluding carboxylic acids is 1. The van der Waals surface area contributed by atoms with Gasteiger partial charge in [0, 0.05) is 24.4 Å². The average Bonchev–Trinajstić information content (AvgIpc) is 2.81. The highest BCUT2D eigenvalue weighted by Crippen LogP contribution is 2.23. The van der Waals surface area contributed by atoms with Gasteiger partial charge in [-0.25, -0.2) is 0 Å². The Morgan fingerprint density at radius 2 is 2.24 bits per heavy atom. The fourth-order valence-electron chi connectivity index (χ4n) is 1.91. The number of hydrogen-bond acceptors (Lipinski definition) is 4. The number of non-ortho nitro benzene ring substituents is 1. The number of aromatic nitrogens is 2. The van der Waals surface area contributed by atoms with Gasteiger partial charge in [0.1, 0.15) is 5.69 Å². The lowest BCUT2D eigenvalue weighted by atomic mass is 10.1. The van der Waals surface area contributed by atoms with Crippen molar-refractivity contribution in [2.45, 2.75) is 20.4 Å². The maximum Gasteiger partial charge on any atom is 0.275 e. The Balaban J connectivity index is 2.28. The molecule has 2 rings (SSSR count). The van der Waals surface area contributed by atoms with Gasteiger partial charge in [-0.15, -0.1) is 0 Å². The van der Waals surface area contributed by atoms with Crippen LogP contribution in [0, 0.1) is 17.0 Å². The van der Waals surface area contributed by atoms with E-state index < -0.39 is 4.92 Å². The summed E-state index contributed by atoms with van der Waals surface area (Å²) >= 11 is 3.29. The molecule has 0 saturated carbocycles. The first-order valence-electron chi connectivity index (χ1n) is 6.21. The van der Waals surface area contributed by atoms with Gasteiger partial charge in [-0.3, -0.25) is 19.6 Å². The molecule has 2 aromatic rings. The number of aryl methyl sites for hydroxylation is 2. The first-order chi connectivity index (χ1) is 9.93. The summed E-state index contributed by atoms with van der Waals surface area (Å²) in [7, 11) is 0. The van der Waals surface area contributed by atoms with Gasteiger partial charge in [-0.05, 0) is 41.4 Å². The summed E-state index contributed by atoms with van der Waals surface area (Å²) in [6.45, 7) is 4.15. The van der Waals surface area contributed by atoms with E-state index in [0.29, 0.717) is 28.0 Å². The van der Waals surface area contributed by atoms with Crippen molar-refractivity contribution in [2.75, 3.05) is 5.32 Å². The number of rotatable bonds is 4. The van der Waals surface area contributed by atoms with E-state index in [0.717, 1.165) is 0 Å². The molecular weight excluding hydrogens is 340 g/mol. The number of nitro groups is 1. The molecule has 1 aromatic heterocycles. The topological polar surface area (TPSA) is 90.1 Å². The van der Waals surface area contributed by atoms with Crippen molar-refractivity contribution in [2.24, 2.45) is 0 Å². The molecule has 0 aliphatic heterocycles. The molecule has 1 heterocycles. The van der Waals surface area contributed by atoms with Crippen LogP contribution in [0.15, 0.2) is 28.9 Å². The Morgan fingerprint density at radius 1 is 1.52 bits per heavy atom. The number of nitro benzene ring substituents is 1. The third kappa shape index (κ3) is 3.10. The predicted octanol–water partition coefficient (Wildman–Crippen LogP) is 3.13. The second kappa shape index (κ2) is 6.04. The zero-order valence-corrected chi connectivity index (χ0v) is 13.0.